The van der Waals surface area contributed by atoms with Crippen LogP contribution in [0.1, 0.15) is 22.3 Å². The summed E-state index contributed by atoms with van der Waals surface area (Å²) in [7, 11) is 1.75. The van der Waals surface area contributed by atoms with E-state index in [9.17, 15) is 9.59 Å². The van der Waals surface area contributed by atoms with E-state index in [0.29, 0.717) is 0 Å². The minimum atomic E-state index is -0.145. The van der Waals surface area contributed by atoms with Gasteiger partial charge in [0.05, 0.1) is 13.1 Å². The predicted molar refractivity (Wildman–Crippen MR) is 107 cm³/mol. The number of aryl methyl sites for hydroxylation is 4. The second-order valence-corrected chi connectivity index (χ2v) is 6.91. The number of hydrogen-bond acceptors (Lipinski definition) is 3. The zero-order valence-corrected chi connectivity index (χ0v) is 16.1. The van der Waals surface area contributed by atoms with Crippen molar-refractivity contribution in [2.45, 2.75) is 27.7 Å². The van der Waals surface area contributed by atoms with Crippen molar-refractivity contribution in [2.24, 2.45) is 0 Å². The molecule has 0 fully saturated rings. The van der Waals surface area contributed by atoms with Crippen molar-refractivity contribution in [3.63, 3.8) is 0 Å². The molecule has 0 heterocycles. The van der Waals surface area contributed by atoms with Crippen molar-refractivity contribution in [3.05, 3.63) is 58.7 Å². The monoisotopic (exact) mass is 353 g/mol. The summed E-state index contributed by atoms with van der Waals surface area (Å²) >= 11 is 0. The summed E-state index contributed by atoms with van der Waals surface area (Å²) < 4.78 is 0. The Hall–Kier alpha value is -2.66. The number of carbonyl (C=O) groups excluding carboxylic acids is 2. The van der Waals surface area contributed by atoms with Crippen LogP contribution < -0.4 is 10.6 Å². The molecule has 0 saturated heterocycles. The van der Waals surface area contributed by atoms with Crippen LogP contribution in [0.4, 0.5) is 11.4 Å². The molecule has 0 aliphatic heterocycles. The molecule has 2 rings (SSSR count). The standard InChI is InChI=1S/C21H27N3O2/c1-14-7-6-8-18(11-14)22-19(25)12-24(5)13-20(26)23-21-16(3)9-15(2)10-17(21)4/h6-11H,12-13H2,1-5H3,(H,22,25)(H,23,26). The number of nitrogens with zero attached hydrogens (tertiary/aromatic N) is 1. The first kappa shape index (κ1) is 19.7. The Morgan fingerprint density at radius 3 is 2.00 bits per heavy atom. The van der Waals surface area contributed by atoms with E-state index in [-0.39, 0.29) is 24.9 Å². The molecule has 0 unspecified atom stereocenters. The Bertz CT molecular complexity index is 792. The molecule has 0 aliphatic carbocycles. The van der Waals surface area contributed by atoms with Crippen LogP contribution >= 0.6 is 0 Å². The second kappa shape index (κ2) is 8.63. The van der Waals surface area contributed by atoms with Gasteiger partial charge in [-0.2, -0.15) is 0 Å². The zero-order chi connectivity index (χ0) is 19.3. The molecular formula is C21H27N3O2. The van der Waals surface area contributed by atoms with Crippen LogP contribution in [-0.4, -0.2) is 36.9 Å². The molecule has 0 atom stereocenters. The van der Waals surface area contributed by atoms with E-state index in [0.717, 1.165) is 28.1 Å². The predicted octanol–water partition coefficient (Wildman–Crippen LogP) is 3.43. The van der Waals surface area contributed by atoms with Gasteiger partial charge in [-0.15, -0.1) is 0 Å². The highest BCUT2D eigenvalue weighted by atomic mass is 16.2. The van der Waals surface area contributed by atoms with Crippen molar-refractivity contribution in [3.8, 4) is 0 Å². The minimum Gasteiger partial charge on any atom is -0.325 e. The Morgan fingerprint density at radius 2 is 1.42 bits per heavy atom. The normalized spacial score (nSPS) is 10.7. The van der Waals surface area contributed by atoms with Crippen molar-refractivity contribution < 1.29 is 9.59 Å². The van der Waals surface area contributed by atoms with Gasteiger partial charge in [0.15, 0.2) is 0 Å². The lowest BCUT2D eigenvalue weighted by molar-refractivity contribution is -0.119. The van der Waals surface area contributed by atoms with Crippen molar-refractivity contribution in [1.29, 1.82) is 0 Å². The van der Waals surface area contributed by atoms with Gasteiger partial charge in [0.1, 0.15) is 0 Å². The number of anilines is 2. The molecule has 2 aromatic rings. The summed E-state index contributed by atoms with van der Waals surface area (Å²) in [6, 6.07) is 11.7. The fourth-order valence-electron chi connectivity index (χ4n) is 3.03. The average Bonchev–Trinajstić information content (AvgIpc) is 2.50. The van der Waals surface area contributed by atoms with E-state index in [2.05, 4.69) is 10.6 Å². The van der Waals surface area contributed by atoms with Crippen molar-refractivity contribution in [1.82, 2.24) is 4.90 Å². The second-order valence-electron chi connectivity index (χ2n) is 6.91. The molecule has 2 N–H and O–H groups in total. The largest absolute Gasteiger partial charge is 0.325 e. The van der Waals surface area contributed by atoms with E-state index >= 15 is 0 Å². The number of amides is 2. The number of hydrogen-bond donors (Lipinski definition) is 2. The molecule has 2 aromatic carbocycles. The maximum absolute atomic E-state index is 12.3. The van der Waals surface area contributed by atoms with Gasteiger partial charge in [0.25, 0.3) is 0 Å². The van der Waals surface area contributed by atoms with E-state index in [1.807, 2.05) is 64.1 Å². The van der Waals surface area contributed by atoms with Crippen LogP contribution in [0.25, 0.3) is 0 Å². The third-order valence-electron chi connectivity index (χ3n) is 4.07. The topological polar surface area (TPSA) is 61.4 Å². The lowest BCUT2D eigenvalue weighted by Crippen LogP contribution is -2.36. The third kappa shape index (κ3) is 5.70. The minimum absolute atomic E-state index is 0.133. The Kier molecular flexibility index (Phi) is 6.52. The molecule has 0 aliphatic rings. The highest BCUT2D eigenvalue weighted by Crippen LogP contribution is 2.21. The fourth-order valence-corrected chi connectivity index (χ4v) is 3.03. The summed E-state index contributed by atoms with van der Waals surface area (Å²) in [6.45, 7) is 8.26. The van der Waals surface area contributed by atoms with Crippen molar-refractivity contribution >= 4 is 23.2 Å². The van der Waals surface area contributed by atoms with Crippen LogP contribution in [0.3, 0.4) is 0 Å². The highest BCUT2D eigenvalue weighted by molar-refractivity contribution is 5.95. The van der Waals surface area contributed by atoms with Gasteiger partial charge in [-0.1, -0.05) is 29.8 Å². The zero-order valence-electron chi connectivity index (χ0n) is 16.1. The quantitative estimate of drug-likeness (QED) is 0.836. The molecule has 5 nitrogen and oxygen atoms in total. The maximum Gasteiger partial charge on any atom is 0.238 e. The molecular weight excluding hydrogens is 326 g/mol. The number of benzene rings is 2. The Morgan fingerprint density at radius 1 is 0.846 bits per heavy atom. The SMILES string of the molecule is Cc1cccc(NC(=O)CN(C)CC(=O)Nc2c(C)cc(C)cc2C)c1. The fraction of sp³-hybridized carbons (Fsp3) is 0.333. The third-order valence-corrected chi connectivity index (χ3v) is 4.07. The van der Waals surface area contributed by atoms with Gasteiger partial charge in [-0.3, -0.25) is 14.5 Å². The first-order chi connectivity index (χ1) is 12.2. The lowest BCUT2D eigenvalue weighted by Gasteiger charge is -2.18. The summed E-state index contributed by atoms with van der Waals surface area (Å²) in [5, 5.41) is 5.80. The van der Waals surface area contributed by atoms with Gasteiger partial charge in [0.2, 0.25) is 11.8 Å². The Labute approximate surface area is 155 Å². The van der Waals surface area contributed by atoms with Crippen LogP contribution in [0.5, 0.6) is 0 Å². The molecule has 0 spiro atoms. The van der Waals surface area contributed by atoms with Gasteiger partial charge in [-0.25, -0.2) is 0 Å². The highest BCUT2D eigenvalue weighted by Gasteiger charge is 2.13. The van der Waals surface area contributed by atoms with Crippen LogP contribution in [-0.2, 0) is 9.59 Å². The summed E-state index contributed by atoms with van der Waals surface area (Å²) in [5.74, 6) is -0.278. The van der Waals surface area contributed by atoms with E-state index in [1.54, 1.807) is 11.9 Å². The van der Waals surface area contributed by atoms with Gasteiger partial charge in [0, 0.05) is 11.4 Å². The number of likely N-dealkylation sites (N-methyl/N-ethyl adjacent to an activating group) is 1. The summed E-state index contributed by atoms with van der Waals surface area (Å²) in [6.07, 6.45) is 0. The number of carbonyl (C=O) groups is 2. The van der Waals surface area contributed by atoms with Gasteiger partial charge >= 0.3 is 0 Å². The number of rotatable bonds is 6. The van der Waals surface area contributed by atoms with Crippen LogP contribution in [0.15, 0.2) is 36.4 Å². The average molecular weight is 353 g/mol. The first-order valence-electron chi connectivity index (χ1n) is 8.67. The summed E-state index contributed by atoms with van der Waals surface area (Å²) in [5.41, 5.74) is 5.94. The molecule has 2 amide bonds. The molecule has 0 aromatic heterocycles. The van der Waals surface area contributed by atoms with E-state index in [4.69, 9.17) is 0 Å². The molecule has 5 heteroatoms. The van der Waals surface area contributed by atoms with E-state index < -0.39 is 0 Å². The number of nitrogens with one attached hydrogen (secondary N) is 2. The Balaban J connectivity index is 1.88. The van der Waals surface area contributed by atoms with Crippen LogP contribution in [0.2, 0.25) is 0 Å². The summed E-state index contributed by atoms with van der Waals surface area (Å²) in [4.78, 5) is 26.1. The molecule has 138 valence electrons. The lowest BCUT2D eigenvalue weighted by atomic mass is 10.1. The molecule has 0 radical (unpaired) electrons. The van der Waals surface area contributed by atoms with Gasteiger partial charge in [-0.05, 0) is 63.6 Å². The molecule has 26 heavy (non-hydrogen) atoms. The maximum atomic E-state index is 12.3. The van der Waals surface area contributed by atoms with Gasteiger partial charge < -0.3 is 10.6 Å². The van der Waals surface area contributed by atoms with E-state index in [1.165, 1.54) is 5.56 Å². The van der Waals surface area contributed by atoms with Crippen LogP contribution in [0, 0.1) is 27.7 Å². The molecule has 0 saturated carbocycles. The molecule has 0 bridgehead atoms. The first-order valence-corrected chi connectivity index (χ1v) is 8.67. The van der Waals surface area contributed by atoms with Crippen molar-refractivity contribution in [2.75, 3.05) is 30.8 Å². The smallest absolute Gasteiger partial charge is 0.238 e.